The van der Waals surface area contributed by atoms with Crippen LogP contribution in [0.15, 0.2) is 23.2 Å². The Bertz CT molecular complexity index is 361. The molecule has 1 aromatic rings. The molecule has 2 rings (SSSR count). The minimum absolute atomic E-state index is 0.137. The maximum absolute atomic E-state index is 10.7. The highest BCUT2D eigenvalue weighted by Crippen LogP contribution is 2.33. The van der Waals surface area contributed by atoms with Crippen LogP contribution < -0.4 is 0 Å². The van der Waals surface area contributed by atoms with Crippen molar-refractivity contribution in [3.8, 4) is 0 Å². The number of aromatic nitrogens is 1. The number of hydrogen-bond donors (Lipinski definition) is 1. The van der Waals surface area contributed by atoms with Crippen LogP contribution in [0.1, 0.15) is 36.2 Å². The summed E-state index contributed by atoms with van der Waals surface area (Å²) in [7, 11) is 0. The topological polar surface area (TPSA) is 50.2 Å². The lowest BCUT2D eigenvalue weighted by atomic mass is 10.4. The Labute approximate surface area is 92.9 Å². The number of pyridine rings is 1. The third-order valence-corrected chi connectivity index (χ3v) is 3.81. The Morgan fingerprint density at radius 1 is 1.40 bits per heavy atom. The Kier molecular flexibility index (Phi) is 3.26. The van der Waals surface area contributed by atoms with Gasteiger partial charge < -0.3 is 5.11 Å². The van der Waals surface area contributed by atoms with Crippen molar-refractivity contribution < 1.29 is 9.90 Å². The van der Waals surface area contributed by atoms with Gasteiger partial charge in [-0.25, -0.2) is 9.78 Å². The summed E-state index contributed by atoms with van der Waals surface area (Å²) in [5.41, 5.74) is 0.137. The maximum Gasteiger partial charge on any atom is 0.354 e. The molecule has 0 amide bonds. The number of carboxylic acids is 1. The Morgan fingerprint density at radius 3 is 2.80 bits per heavy atom. The maximum atomic E-state index is 10.7. The lowest BCUT2D eigenvalue weighted by Gasteiger charge is -2.07. The second-order valence-corrected chi connectivity index (χ2v) is 5.01. The molecule has 0 atom stereocenters. The van der Waals surface area contributed by atoms with E-state index >= 15 is 0 Å². The molecule has 4 heteroatoms. The van der Waals surface area contributed by atoms with E-state index in [0.29, 0.717) is 5.25 Å². The minimum atomic E-state index is -0.955. The summed E-state index contributed by atoms with van der Waals surface area (Å²) in [6, 6.07) is 5.17. The van der Waals surface area contributed by atoms with Gasteiger partial charge in [-0.3, -0.25) is 0 Å². The number of aromatic carboxylic acids is 1. The largest absolute Gasteiger partial charge is 0.477 e. The number of rotatable bonds is 3. The second kappa shape index (κ2) is 4.66. The zero-order chi connectivity index (χ0) is 10.7. The van der Waals surface area contributed by atoms with E-state index in [2.05, 4.69) is 4.98 Å². The number of carboxylic acid groups (broad SMARTS) is 1. The van der Waals surface area contributed by atoms with Gasteiger partial charge in [0.15, 0.2) is 0 Å². The van der Waals surface area contributed by atoms with Crippen molar-refractivity contribution in [1.29, 1.82) is 0 Å². The quantitative estimate of drug-likeness (QED) is 0.856. The molecular weight excluding hydrogens is 210 g/mol. The molecule has 80 valence electrons. The average Bonchev–Trinajstić information content (AvgIpc) is 2.71. The second-order valence-electron chi connectivity index (χ2n) is 3.69. The predicted molar refractivity (Wildman–Crippen MR) is 59.3 cm³/mol. The fourth-order valence-electron chi connectivity index (χ4n) is 1.78. The van der Waals surface area contributed by atoms with Crippen molar-refractivity contribution in [2.45, 2.75) is 36.0 Å². The summed E-state index contributed by atoms with van der Waals surface area (Å²) in [4.78, 5) is 14.8. The summed E-state index contributed by atoms with van der Waals surface area (Å²) >= 11 is 1.71. The first kappa shape index (κ1) is 10.5. The SMILES string of the molecule is O=C(O)c1cccc(SC2CCCC2)n1. The Morgan fingerprint density at radius 2 is 2.13 bits per heavy atom. The summed E-state index contributed by atoms with van der Waals surface area (Å²) in [5.74, 6) is -0.955. The van der Waals surface area contributed by atoms with Crippen LogP contribution in [-0.4, -0.2) is 21.3 Å². The molecule has 0 spiro atoms. The van der Waals surface area contributed by atoms with Gasteiger partial charge in [0, 0.05) is 5.25 Å². The Hall–Kier alpha value is -1.03. The molecular formula is C11H13NO2S. The van der Waals surface area contributed by atoms with E-state index in [0.717, 1.165) is 5.03 Å². The van der Waals surface area contributed by atoms with Gasteiger partial charge in [0.2, 0.25) is 0 Å². The van der Waals surface area contributed by atoms with Gasteiger partial charge in [0.25, 0.3) is 0 Å². The molecule has 0 radical (unpaired) electrons. The molecule has 3 nitrogen and oxygen atoms in total. The molecule has 1 aliphatic carbocycles. The van der Waals surface area contributed by atoms with Crippen molar-refractivity contribution in [3.05, 3.63) is 23.9 Å². The first-order chi connectivity index (χ1) is 7.25. The van der Waals surface area contributed by atoms with Crippen LogP contribution in [-0.2, 0) is 0 Å². The Balaban J connectivity index is 2.07. The highest BCUT2D eigenvalue weighted by Gasteiger charge is 2.17. The molecule has 1 heterocycles. The van der Waals surface area contributed by atoms with Crippen molar-refractivity contribution in [2.24, 2.45) is 0 Å². The predicted octanol–water partition coefficient (Wildman–Crippen LogP) is 2.81. The third kappa shape index (κ3) is 2.72. The zero-order valence-electron chi connectivity index (χ0n) is 8.35. The molecule has 1 saturated carbocycles. The molecule has 1 fully saturated rings. The molecule has 1 aromatic heterocycles. The average molecular weight is 223 g/mol. The highest BCUT2D eigenvalue weighted by molar-refractivity contribution is 7.99. The summed E-state index contributed by atoms with van der Waals surface area (Å²) in [5, 5.41) is 10.3. The van der Waals surface area contributed by atoms with Crippen molar-refractivity contribution in [3.63, 3.8) is 0 Å². The monoisotopic (exact) mass is 223 g/mol. The molecule has 1 N–H and O–H groups in total. The van der Waals surface area contributed by atoms with E-state index in [4.69, 9.17) is 5.11 Å². The normalized spacial score (nSPS) is 16.8. The first-order valence-electron chi connectivity index (χ1n) is 5.13. The van der Waals surface area contributed by atoms with E-state index in [1.807, 2.05) is 6.07 Å². The van der Waals surface area contributed by atoms with Crippen LogP contribution in [0.2, 0.25) is 0 Å². The van der Waals surface area contributed by atoms with Crippen molar-refractivity contribution in [2.75, 3.05) is 0 Å². The van der Waals surface area contributed by atoms with Crippen LogP contribution in [0.25, 0.3) is 0 Å². The smallest absolute Gasteiger partial charge is 0.354 e. The van der Waals surface area contributed by atoms with E-state index < -0.39 is 5.97 Å². The van der Waals surface area contributed by atoms with Crippen molar-refractivity contribution in [1.82, 2.24) is 4.98 Å². The van der Waals surface area contributed by atoms with Gasteiger partial charge in [-0.2, -0.15) is 0 Å². The van der Waals surface area contributed by atoms with Gasteiger partial charge in [0.05, 0.1) is 5.03 Å². The fraction of sp³-hybridized carbons (Fsp3) is 0.455. The van der Waals surface area contributed by atoms with Crippen molar-refractivity contribution >= 4 is 17.7 Å². The van der Waals surface area contributed by atoms with Crippen LogP contribution in [0.4, 0.5) is 0 Å². The van der Waals surface area contributed by atoms with E-state index in [1.165, 1.54) is 31.7 Å². The highest BCUT2D eigenvalue weighted by atomic mass is 32.2. The van der Waals surface area contributed by atoms with Gasteiger partial charge in [-0.1, -0.05) is 18.9 Å². The molecule has 15 heavy (non-hydrogen) atoms. The van der Waals surface area contributed by atoms with Crippen LogP contribution in [0, 0.1) is 0 Å². The molecule has 0 aliphatic heterocycles. The fourth-order valence-corrected chi connectivity index (χ4v) is 3.00. The molecule has 0 unspecified atom stereocenters. The summed E-state index contributed by atoms with van der Waals surface area (Å²) in [6.07, 6.45) is 5.03. The van der Waals surface area contributed by atoms with E-state index in [-0.39, 0.29) is 5.69 Å². The zero-order valence-corrected chi connectivity index (χ0v) is 9.17. The molecule has 0 aromatic carbocycles. The van der Waals surface area contributed by atoms with Crippen LogP contribution in [0.5, 0.6) is 0 Å². The number of nitrogens with zero attached hydrogens (tertiary/aromatic N) is 1. The summed E-state index contributed by atoms with van der Waals surface area (Å²) < 4.78 is 0. The minimum Gasteiger partial charge on any atom is -0.477 e. The standard InChI is InChI=1S/C11H13NO2S/c13-11(14)9-6-3-7-10(12-9)15-8-4-1-2-5-8/h3,6-8H,1-2,4-5H2,(H,13,14). The van der Waals surface area contributed by atoms with Crippen LogP contribution >= 0.6 is 11.8 Å². The number of carbonyl (C=O) groups is 1. The first-order valence-corrected chi connectivity index (χ1v) is 6.00. The molecule has 0 bridgehead atoms. The van der Waals surface area contributed by atoms with Gasteiger partial charge in [-0.15, -0.1) is 11.8 Å². The number of thioether (sulfide) groups is 1. The number of hydrogen-bond acceptors (Lipinski definition) is 3. The van der Waals surface area contributed by atoms with E-state index in [1.54, 1.807) is 17.8 Å². The van der Waals surface area contributed by atoms with E-state index in [9.17, 15) is 4.79 Å². The summed E-state index contributed by atoms with van der Waals surface area (Å²) in [6.45, 7) is 0. The lowest BCUT2D eigenvalue weighted by molar-refractivity contribution is 0.0689. The van der Waals surface area contributed by atoms with Crippen LogP contribution in [0.3, 0.4) is 0 Å². The lowest BCUT2D eigenvalue weighted by Crippen LogP contribution is -2.01. The van der Waals surface area contributed by atoms with Gasteiger partial charge >= 0.3 is 5.97 Å². The molecule has 1 aliphatic rings. The van der Waals surface area contributed by atoms with Gasteiger partial charge in [0.1, 0.15) is 5.69 Å². The van der Waals surface area contributed by atoms with Gasteiger partial charge in [-0.05, 0) is 25.0 Å². The molecule has 0 saturated heterocycles. The third-order valence-electron chi connectivity index (χ3n) is 2.53.